The van der Waals surface area contributed by atoms with Crippen LogP contribution >= 0.6 is 0 Å². The lowest BCUT2D eigenvalue weighted by Crippen LogP contribution is -2.11. The van der Waals surface area contributed by atoms with Crippen LogP contribution < -0.4 is 5.32 Å². The largest absolute Gasteiger partial charge is 0.295 e. The van der Waals surface area contributed by atoms with Crippen LogP contribution in [0.4, 0.5) is 5.95 Å². The van der Waals surface area contributed by atoms with Gasteiger partial charge in [0.1, 0.15) is 0 Å². The molecule has 1 N–H and O–H groups in total. The van der Waals surface area contributed by atoms with Crippen LogP contribution in [0.1, 0.15) is 18.3 Å². The van der Waals surface area contributed by atoms with Crippen LogP contribution in [0.3, 0.4) is 0 Å². The molecule has 0 unspecified atom stereocenters. The first-order valence-corrected chi connectivity index (χ1v) is 5.20. The number of amides is 1. The Balaban J connectivity index is 2.39. The minimum atomic E-state index is -0.199. The first-order chi connectivity index (χ1) is 8.06. The standard InChI is InChI=1S/C11H13N5O/c1-7-6-8(2)16(15-7)10-4-5-12-11(14-10)13-9(3)17/h4-6H,1-3H3,(H,12,13,14,17). The van der Waals surface area contributed by atoms with Gasteiger partial charge in [0.2, 0.25) is 11.9 Å². The summed E-state index contributed by atoms with van der Waals surface area (Å²) in [7, 11) is 0. The molecule has 88 valence electrons. The molecule has 0 aromatic carbocycles. The summed E-state index contributed by atoms with van der Waals surface area (Å²) in [4.78, 5) is 19.1. The highest BCUT2D eigenvalue weighted by atomic mass is 16.1. The fourth-order valence-corrected chi connectivity index (χ4v) is 1.55. The summed E-state index contributed by atoms with van der Waals surface area (Å²) in [6.45, 7) is 5.28. The Morgan fingerprint density at radius 3 is 2.76 bits per heavy atom. The second-order valence-corrected chi connectivity index (χ2v) is 3.76. The van der Waals surface area contributed by atoms with Crippen LogP contribution in [0.15, 0.2) is 18.3 Å². The van der Waals surface area contributed by atoms with E-state index in [0.717, 1.165) is 11.4 Å². The Morgan fingerprint density at radius 2 is 2.18 bits per heavy atom. The van der Waals surface area contributed by atoms with Gasteiger partial charge in [-0.15, -0.1) is 0 Å². The summed E-state index contributed by atoms with van der Waals surface area (Å²) < 4.78 is 1.71. The molecule has 0 saturated heterocycles. The van der Waals surface area contributed by atoms with Crippen molar-refractivity contribution in [3.8, 4) is 5.82 Å². The predicted molar refractivity (Wildman–Crippen MR) is 62.9 cm³/mol. The summed E-state index contributed by atoms with van der Waals surface area (Å²) in [5.41, 5.74) is 1.90. The fourth-order valence-electron chi connectivity index (χ4n) is 1.55. The molecule has 0 aliphatic rings. The van der Waals surface area contributed by atoms with E-state index in [1.54, 1.807) is 16.9 Å². The molecule has 1 amide bonds. The van der Waals surface area contributed by atoms with E-state index < -0.39 is 0 Å². The van der Waals surface area contributed by atoms with Crippen molar-refractivity contribution < 1.29 is 4.79 Å². The van der Waals surface area contributed by atoms with E-state index in [1.807, 2.05) is 19.9 Å². The molecular formula is C11H13N5O. The third kappa shape index (κ3) is 2.47. The Labute approximate surface area is 98.7 Å². The number of carbonyl (C=O) groups is 1. The molecule has 6 heteroatoms. The monoisotopic (exact) mass is 231 g/mol. The van der Waals surface area contributed by atoms with E-state index in [4.69, 9.17) is 0 Å². The van der Waals surface area contributed by atoms with Crippen molar-refractivity contribution >= 4 is 11.9 Å². The van der Waals surface area contributed by atoms with Crippen molar-refractivity contribution in [3.63, 3.8) is 0 Å². The van der Waals surface area contributed by atoms with Gasteiger partial charge in [-0.25, -0.2) is 9.67 Å². The van der Waals surface area contributed by atoms with Gasteiger partial charge >= 0.3 is 0 Å². The zero-order chi connectivity index (χ0) is 12.4. The number of aryl methyl sites for hydroxylation is 2. The number of nitrogens with zero attached hydrogens (tertiary/aromatic N) is 4. The lowest BCUT2D eigenvalue weighted by atomic mass is 10.4. The molecule has 2 heterocycles. The molecule has 0 fully saturated rings. The Hall–Kier alpha value is -2.24. The van der Waals surface area contributed by atoms with E-state index in [9.17, 15) is 4.79 Å². The molecule has 0 aliphatic carbocycles. The second kappa shape index (κ2) is 4.32. The maximum absolute atomic E-state index is 10.9. The Bertz CT molecular complexity index is 561. The number of rotatable bonds is 2. The highest BCUT2D eigenvalue weighted by Crippen LogP contribution is 2.10. The molecule has 2 rings (SSSR count). The van der Waals surface area contributed by atoms with E-state index in [2.05, 4.69) is 20.4 Å². The van der Waals surface area contributed by atoms with Crippen LogP contribution in [0, 0.1) is 13.8 Å². The zero-order valence-electron chi connectivity index (χ0n) is 9.93. The SMILES string of the molecule is CC(=O)Nc1nccc(-n2nc(C)cc2C)n1. The third-order valence-electron chi connectivity index (χ3n) is 2.16. The quantitative estimate of drug-likeness (QED) is 0.843. The van der Waals surface area contributed by atoms with Gasteiger partial charge in [-0.1, -0.05) is 0 Å². The summed E-state index contributed by atoms with van der Waals surface area (Å²) in [5.74, 6) is 0.715. The van der Waals surface area contributed by atoms with Crippen molar-refractivity contribution in [1.29, 1.82) is 0 Å². The van der Waals surface area contributed by atoms with Crippen molar-refractivity contribution in [2.45, 2.75) is 20.8 Å². The number of hydrogen-bond donors (Lipinski definition) is 1. The van der Waals surface area contributed by atoms with Gasteiger partial charge in [-0.05, 0) is 19.9 Å². The molecule has 0 aliphatic heterocycles. The summed E-state index contributed by atoms with van der Waals surface area (Å²) in [6.07, 6.45) is 1.59. The van der Waals surface area contributed by atoms with Gasteiger partial charge in [0.15, 0.2) is 5.82 Å². The average Bonchev–Trinajstić information content (AvgIpc) is 2.57. The number of aromatic nitrogens is 4. The maximum atomic E-state index is 10.9. The van der Waals surface area contributed by atoms with Gasteiger partial charge in [0.05, 0.1) is 5.69 Å². The molecule has 2 aromatic heterocycles. The predicted octanol–water partition coefficient (Wildman–Crippen LogP) is 1.24. The van der Waals surface area contributed by atoms with Gasteiger partial charge in [-0.2, -0.15) is 10.1 Å². The minimum absolute atomic E-state index is 0.199. The molecule has 0 atom stereocenters. The zero-order valence-corrected chi connectivity index (χ0v) is 9.93. The summed E-state index contributed by atoms with van der Waals surface area (Å²) >= 11 is 0. The Kier molecular flexibility index (Phi) is 2.86. The molecular weight excluding hydrogens is 218 g/mol. The van der Waals surface area contributed by atoms with E-state index in [1.165, 1.54) is 6.92 Å². The van der Waals surface area contributed by atoms with Crippen LogP contribution in [0.25, 0.3) is 5.82 Å². The van der Waals surface area contributed by atoms with Crippen LogP contribution in [0.5, 0.6) is 0 Å². The molecule has 17 heavy (non-hydrogen) atoms. The molecule has 2 aromatic rings. The smallest absolute Gasteiger partial charge is 0.231 e. The van der Waals surface area contributed by atoms with Crippen molar-refractivity contribution in [3.05, 3.63) is 29.7 Å². The van der Waals surface area contributed by atoms with E-state index >= 15 is 0 Å². The molecule has 6 nitrogen and oxygen atoms in total. The number of carbonyl (C=O) groups excluding carboxylic acids is 1. The van der Waals surface area contributed by atoms with Gasteiger partial charge in [0.25, 0.3) is 0 Å². The summed E-state index contributed by atoms with van der Waals surface area (Å²) in [6, 6.07) is 3.70. The van der Waals surface area contributed by atoms with Gasteiger partial charge in [-0.3, -0.25) is 10.1 Å². The first kappa shape index (κ1) is 11.3. The Morgan fingerprint density at radius 1 is 1.41 bits per heavy atom. The van der Waals surface area contributed by atoms with E-state index in [-0.39, 0.29) is 11.9 Å². The first-order valence-electron chi connectivity index (χ1n) is 5.20. The molecule has 0 spiro atoms. The second-order valence-electron chi connectivity index (χ2n) is 3.76. The van der Waals surface area contributed by atoms with Crippen LogP contribution in [-0.2, 0) is 4.79 Å². The average molecular weight is 231 g/mol. The van der Waals surface area contributed by atoms with Crippen molar-refractivity contribution in [2.24, 2.45) is 0 Å². The van der Waals surface area contributed by atoms with Crippen molar-refractivity contribution in [1.82, 2.24) is 19.7 Å². The van der Waals surface area contributed by atoms with Gasteiger partial charge in [0, 0.05) is 24.9 Å². The minimum Gasteiger partial charge on any atom is -0.295 e. The number of hydrogen-bond acceptors (Lipinski definition) is 4. The highest BCUT2D eigenvalue weighted by molar-refractivity contribution is 5.86. The number of nitrogens with one attached hydrogen (secondary N) is 1. The van der Waals surface area contributed by atoms with Crippen LogP contribution in [-0.4, -0.2) is 25.7 Å². The van der Waals surface area contributed by atoms with Gasteiger partial charge < -0.3 is 0 Å². The van der Waals surface area contributed by atoms with Crippen LogP contribution in [0.2, 0.25) is 0 Å². The maximum Gasteiger partial charge on any atom is 0.231 e. The molecule has 0 radical (unpaired) electrons. The highest BCUT2D eigenvalue weighted by Gasteiger charge is 2.06. The normalized spacial score (nSPS) is 10.3. The third-order valence-corrected chi connectivity index (χ3v) is 2.16. The summed E-state index contributed by atoms with van der Waals surface area (Å²) in [5, 5.41) is 6.85. The topological polar surface area (TPSA) is 72.7 Å². The lowest BCUT2D eigenvalue weighted by Gasteiger charge is -2.05. The lowest BCUT2D eigenvalue weighted by molar-refractivity contribution is -0.114. The number of anilines is 1. The van der Waals surface area contributed by atoms with Crippen molar-refractivity contribution in [2.75, 3.05) is 5.32 Å². The van der Waals surface area contributed by atoms with E-state index in [0.29, 0.717) is 5.82 Å². The molecule has 0 bridgehead atoms. The molecule has 0 saturated carbocycles. The fraction of sp³-hybridized carbons (Fsp3) is 0.273.